The van der Waals surface area contributed by atoms with Gasteiger partial charge in [-0.15, -0.1) is 11.3 Å². The number of amides is 1. The minimum atomic E-state index is 0.124. The fraction of sp³-hybridized carbons (Fsp3) is 0.259. The Kier molecular flexibility index (Phi) is 6.74. The van der Waals surface area contributed by atoms with Crippen molar-refractivity contribution in [3.05, 3.63) is 88.4 Å². The van der Waals surface area contributed by atoms with E-state index in [0.29, 0.717) is 6.54 Å². The van der Waals surface area contributed by atoms with Crippen LogP contribution in [0.1, 0.15) is 27.2 Å². The first-order valence-electron chi connectivity index (χ1n) is 11.5. The first-order chi connectivity index (χ1) is 16.6. The maximum atomic E-state index is 13.4. The van der Waals surface area contributed by atoms with Crippen LogP contribution in [-0.4, -0.2) is 45.0 Å². The molecular formula is C27H28N4OS2. The van der Waals surface area contributed by atoms with Gasteiger partial charge in [-0.1, -0.05) is 48.5 Å². The maximum absolute atomic E-state index is 13.4. The van der Waals surface area contributed by atoms with Crippen LogP contribution in [0.5, 0.6) is 0 Å². The van der Waals surface area contributed by atoms with Gasteiger partial charge in [0, 0.05) is 47.9 Å². The normalized spacial score (nSPS) is 13.8. The number of aromatic nitrogens is 2. The zero-order valence-corrected chi connectivity index (χ0v) is 21.1. The number of carbonyl (C=O) groups is 1. The van der Waals surface area contributed by atoms with Crippen LogP contribution in [-0.2, 0) is 6.54 Å². The van der Waals surface area contributed by atoms with Crippen molar-refractivity contribution < 1.29 is 4.79 Å². The SMILES string of the molecule is Cc1ccccc1Nc1nc(-c2cc(C(=O)N3CCSCC3)c(C)n2Cc2ccccc2)cs1. The maximum Gasteiger partial charge on any atom is 0.255 e. The van der Waals surface area contributed by atoms with E-state index in [2.05, 4.69) is 65.5 Å². The van der Waals surface area contributed by atoms with Crippen molar-refractivity contribution in [1.29, 1.82) is 0 Å². The topological polar surface area (TPSA) is 50.2 Å². The van der Waals surface area contributed by atoms with Crippen LogP contribution in [0.4, 0.5) is 10.8 Å². The lowest BCUT2D eigenvalue weighted by molar-refractivity contribution is 0.0771. The van der Waals surface area contributed by atoms with Gasteiger partial charge in [0.25, 0.3) is 5.91 Å². The van der Waals surface area contributed by atoms with E-state index in [1.54, 1.807) is 11.3 Å². The predicted molar refractivity (Wildman–Crippen MR) is 144 cm³/mol. The van der Waals surface area contributed by atoms with Crippen molar-refractivity contribution in [3.8, 4) is 11.4 Å². The molecule has 1 aliphatic heterocycles. The molecule has 0 unspecified atom stereocenters. The molecule has 5 nitrogen and oxygen atoms in total. The average Bonchev–Trinajstić information content (AvgIpc) is 3.46. The zero-order chi connectivity index (χ0) is 23.5. The third-order valence-corrected chi connectivity index (χ3v) is 7.93. The highest BCUT2D eigenvalue weighted by Gasteiger charge is 2.25. The average molecular weight is 489 g/mol. The van der Waals surface area contributed by atoms with Crippen molar-refractivity contribution >= 4 is 39.8 Å². The van der Waals surface area contributed by atoms with Crippen molar-refractivity contribution in [2.24, 2.45) is 0 Å². The molecule has 2 aromatic heterocycles. The number of aryl methyl sites for hydroxylation is 1. The standard InChI is InChI=1S/C27H28N4OS2/c1-19-8-6-7-11-23(19)28-27-29-24(18-34-27)25-16-22(26(32)30-12-14-33-15-13-30)20(2)31(25)17-21-9-4-3-5-10-21/h3-11,16,18H,12-15,17H2,1-2H3,(H,28,29). The Morgan fingerprint density at radius 3 is 2.53 bits per heavy atom. The predicted octanol–water partition coefficient (Wildman–Crippen LogP) is 6.21. The number of rotatable bonds is 6. The summed E-state index contributed by atoms with van der Waals surface area (Å²) in [6, 6.07) is 20.6. The summed E-state index contributed by atoms with van der Waals surface area (Å²) in [5, 5.41) is 6.36. The summed E-state index contributed by atoms with van der Waals surface area (Å²) in [5.74, 6) is 2.13. The van der Waals surface area contributed by atoms with E-state index in [0.717, 1.165) is 58.1 Å². The number of thiazole rings is 1. The van der Waals surface area contributed by atoms with Gasteiger partial charge in [0.05, 0.1) is 17.0 Å². The van der Waals surface area contributed by atoms with Crippen molar-refractivity contribution in [1.82, 2.24) is 14.5 Å². The fourth-order valence-corrected chi connectivity index (χ4v) is 5.88. The van der Waals surface area contributed by atoms with Crippen molar-refractivity contribution in [3.63, 3.8) is 0 Å². The third kappa shape index (κ3) is 4.76. The monoisotopic (exact) mass is 488 g/mol. The summed E-state index contributed by atoms with van der Waals surface area (Å²) >= 11 is 3.49. The van der Waals surface area contributed by atoms with Crippen LogP contribution in [0.15, 0.2) is 66.0 Å². The van der Waals surface area contributed by atoms with Crippen LogP contribution >= 0.6 is 23.1 Å². The molecule has 7 heteroatoms. The number of hydrogen-bond acceptors (Lipinski definition) is 5. The summed E-state index contributed by atoms with van der Waals surface area (Å²) in [7, 11) is 0. The summed E-state index contributed by atoms with van der Waals surface area (Å²) in [4.78, 5) is 20.3. The first kappa shape index (κ1) is 22.7. The molecule has 34 heavy (non-hydrogen) atoms. The molecular weight excluding hydrogens is 460 g/mol. The lowest BCUT2D eigenvalue weighted by Crippen LogP contribution is -2.38. The Morgan fingerprint density at radius 2 is 1.76 bits per heavy atom. The van der Waals surface area contributed by atoms with Gasteiger partial charge in [0.1, 0.15) is 0 Å². The zero-order valence-electron chi connectivity index (χ0n) is 19.5. The number of hydrogen-bond donors (Lipinski definition) is 1. The van der Waals surface area contributed by atoms with Gasteiger partial charge in [-0.3, -0.25) is 4.79 Å². The molecule has 0 atom stereocenters. The molecule has 1 N–H and O–H groups in total. The molecule has 0 radical (unpaired) electrons. The molecule has 1 fully saturated rings. The molecule has 0 bridgehead atoms. The van der Waals surface area contributed by atoms with Gasteiger partial charge < -0.3 is 14.8 Å². The molecule has 1 amide bonds. The second kappa shape index (κ2) is 10.1. The van der Waals surface area contributed by atoms with Crippen LogP contribution in [0.25, 0.3) is 11.4 Å². The number of benzene rings is 2. The Hall–Kier alpha value is -3.03. The van der Waals surface area contributed by atoms with E-state index in [4.69, 9.17) is 4.98 Å². The van der Waals surface area contributed by atoms with Gasteiger partial charge >= 0.3 is 0 Å². The number of nitrogens with zero attached hydrogens (tertiary/aromatic N) is 3. The minimum Gasteiger partial charge on any atom is -0.338 e. The first-order valence-corrected chi connectivity index (χ1v) is 13.5. The minimum absolute atomic E-state index is 0.124. The largest absolute Gasteiger partial charge is 0.338 e. The number of anilines is 2. The lowest BCUT2D eigenvalue weighted by Gasteiger charge is -2.26. The number of nitrogens with one attached hydrogen (secondary N) is 1. The number of thioether (sulfide) groups is 1. The number of para-hydroxylation sites is 1. The molecule has 2 aromatic carbocycles. The Morgan fingerprint density at radius 1 is 1.03 bits per heavy atom. The Balaban J connectivity index is 1.51. The molecule has 5 rings (SSSR count). The fourth-order valence-electron chi connectivity index (χ4n) is 4.26. The van der Waals surface area contributed by atoms with Crippen molar-refractivity contribution in [2.75, 3.05) is 29.9 Å². The molecule has 1 saturated heterocycles. The van der Waals surface area contributed by atoms with Gasteiger partial charge in [-0.25, -0.2) is 4.98 Å². The molecule has 0 aliphatic carbocycles. The van der Waals surface area contributed by atoms with E-state index in [1.807, 2.05) is 40.9 Å². The molecule has 4 aromatic rings. The quantitative estimate of drug-likeness (QED) is 0.351. The van der Waals surface area contributed by atoms with Crippen LogP contribution in [0, 0.1) is 13.8 Å². The molecule has 0 saturated carbocycles. The number of carbonyl (C=O) groups excluding carboxylic acids is 1. The Labute approximate surface area is 208 Å². The lowest BCUT2D eigenvalue weighted by atomic mass is 10.2. The summed E-state index contributed by atoms with van der Waals surface area (Å²) in [6.45, 7) is 6.45. The molecule has 1 aliphatic rings. The van der Waals surface area contributed by atoms with Gasteiger partial charge in [-0.2, -0.15) is 11.8 Å². The van der Waals surface area contributed by atoms with Crippen molar-refractivity contribution in [2.45, 2.75) is 20.4 Å². The third-order valence-electron chi connectivity index (χ3n) is 6.23. The van der Waals surface area contributed by atoms with Gasteiger partial charge in [0.2, 0.25) is 0 Å². The van der Waals surface area contributed by atoms with E-state index < -0.39 is 0 Å². The molecule has 174 valence electrons. The highest BCUT2D eigenvalue weighted by molar-refractivity contribution is 7.99. The highest BCUT2D eigenvalue weighted by atomic mass is 32.2. The van der Waals surface area contributed by atoms with E-state index >= 15 is 0 Å². The summed E-state index contributed by atoms with van der Waals surface area (Å²) in [5.41, 5.74) is 7.05. The van der Waals surface area contributed by atoms with E-state index in [1.165, 1.54) is 11.1 Å². The smallest absolute Gasteiger partial charge is 0.255 e. The Bertz CT molecular complexity index is 1290. The van der Waals surface area contributed by atoms with E-state index in [9.17, 15) is 4.79 Å². The van der Waals surface area contributed by atoms with Gasteiger partial charge in [0.15, 0.2) is 5.13 Å². The molecule has 0 spiro atoms. The second-order valence-corrected chi connectivity index (χ2v) is 10.6. The summed E-state index contributed by atoms with van der Waals surface area (Å²) in [6.07, 6.45) is 0. The second-order valence-electron chi connectivity index (χ2n) is 8.48. The highest BCUT2D eigenvalue weighted by Crippen LogP contribution is 2.32. The van der Waals surface area contributed by atoms with Crippen LogP contribution < -0.4 is 5.32 Å². The van der Waals surface area contributed by atoms with E-state index in [-0.39, 0.29) is 5.91 Å². The van der Waals surface area contributed by atoms with Gasteiger partial charge in [-0.05, 0) is 37.1 Å². The molecule has 3 heterocycles. The summed E-state index contributed by atoms with van der Waals surface area (Å²) < 4.78 is 2.23. The van der Waals surface area contributed by atoms with Crippen LogP contribution in [0.2, 0.25) is 0 Å². The van der Waals surface area contributed by atoms with Crippen LogP contribution in [0.3, 0.4) is 0 Å².